The van der Waals surface area contributed by atoms with Crippen LogP contribution in [0.25, 0.3) is 0 Å². The zero-order valence-corrected chi connectivity index (χ0v) is 14.7. The molecule has 0 saturated heterocycles. The summed E-state index contributed by atoms with van der Waals surface area (Å²) in [6.07, 6.45) is 0.140. The van der Waals surface area contributed by atoms with Gasteiger partial charge in [0.05, 0.1) is 21.1 Å². The van der Waals surface area contributed by atoms with Crippen molar-refractivity contribution in [2.24, 2.45) is 11.8 Å². The average Bonchev–Trinajstić information content (AvgIpc) is 2.32. The molecule has 0 amide bonds. The van der Waals surface area contributed by atoms with Crippen LogP contribution < -0.4 is 0 Å². The first-order valence-corrected chi connectivity index (χ1v) is 7.51. The number of Topliss-reactive ketones (excluding diaryl/α,β-unsaturated/α-hetero) is 1. The maximum atomic E-state index is 12.3. The van der Waals surface area contributed by atoms with E-state index in [4.69, 9.17) is 9.84 Å². The van der Waals surface area contributed by atoms with Crippen LogP contribution in [0.1, 0.15) is 20.3 Å². The van der Waals surface area contributed by atoms with Gasteiger partial charge in [-0.2, -0.15) is 0 Å². The van der Waals surface area contributed by atoms with Crippen LogP contribution in [-0.4, -0.2) is 72.2 Å². The fourth-order valence-electron chi connectivity index (χ4n) is 2.11. The number of carbonyl (C=O) groups is 4. The Morgan fingerprint density at radius 1 is 1.04 bits per heavy atom. The molecule has 8 heteroatoms. The maximum Gasteiger partial charge on any atom is 0.331 e. The molecule has 136 valence electrons. The Morgan fingerprint density at radius 3 is 1.96 bits per heavy atom. The van der Waals surface area contributed by atoms with Gasteiger partial charge in [0, 0.05) is 18.6 Å². The molecule has 0 rings (SSSR count). The van der Waals surface area contributed by atoms with Gasteiger partial charge in [-0.15, -0.1) is 0 Å². The molecule has 0 aliphatic carbocycles. The van der Waals surface area contributed by atoms with Gasteiger partial charge in [0.25, 0.3) is 0 Å². The van der Waals surface area contributed by atoms with Gasteiger partial charge in [-0.1, -0.05) is 13.8 Å². The topological polar surface area (TPSA) is 118 Å². The van der Waals surface area contributed by atoms with Crippen LogP contribution in [0, 0.1) is 11.8 Å². The van der Waals surface area contributed by atoms with Gasteiger partial charge in [-0.25, -0.2) is 9.59 Å². The Kier molecular flexibility index (Phi) is 8.32. The van der Waals surface area contributed by atoms with Crippen molar-refractivity contribution in [3.63, 3.8) is 0 Å². The van der Waals surface area contributed by atoms with Gasteiger partial charge in [-0.05, 0) is 5.92 Å². The first kappa shape index (κ1) is 21.8. The zero-order valence-electron chi connectivity index (χ0n) is 14.7. The van der Waals surface area contributed by atoms with Crippen molar-refractivity contribution in [3.8, 4) is 0 Å². The fraction of sp³-hybridized carbons (Fsp3) is 0.625. The number of rotatable bonds is 10. The van der Waals surface area contributed by atoms with Crippen molar-refractivity contribution in [3.05, 3.63) is 12.2 Å². The lowest BCUT2D eigenvalue weighted by molar-refractivity contribution is -0.873. The molecule has 0 fully saturated rings. The van der Waals surface area contributed by atoms with E-state index in [9.17, 15) is 24.3 Å². The summed E-state index contributed by atoms with van der Waals surface area (Å²) < 4.78 is 5.36. The van der Waals surface area contributed by atoms with E-state index < -0.39 is 35.7 Å². The number of carboxylic acids is 2. The highest BCUT2D eigenvalue weighted by Crippen LogP contribution is 2.18. The predicted molar refractivity (Wildman–Crippen MR) is 85.1 cm³/mol. The van der Waals surface area contributed by atoms with Crippen molar-refractivity contribution in [1.82, 2.24) is 0 Å². The molecule has 0 aliphatic rings. The molecule has 2 unspecified atom stereocenters. The van der Waals surface area contributed by atoms with E-state index in [1.807, 2.05) is 0 Å². The monoisotopic (exact) mass is 344 g/mol. The molecule has 2 atom stereocenters. The van der Waals surface area contributed by atoms with Gasteiger partial charge >= 0.3 is 17.9 Å². The molecule has 2 N–H and O–H groups in total. The van der Waals surface area contributed by atoms with Gasteiger partial charge < -0.3 is 19.4 Å². The average molecular weight is 344 g/mol. The Balaban J connectivity index is 5.47. The third-order valence-electron chi connectivity index (χ3n) is 2.95. The van der Waals surface area contributed by atoms with Crippen LogP contribution >= 0.6 is 0 Å². The number of quaternary nitrogens is 1. The second kappa shape index (κ2) is 9.17. The quantitative estimate of drug-likeness (QED) is 0.257. The van der Waals surface area contributed by atoms with Crippen LogP contribution in [0.3, 0.4) is 0 Å². The number of hydrogen-bond donors (Lipinski definition) is 2. The molecule has 0 aromatic carbocycles. The molecule has 0 aromatic heterocycles. The van der Waals surface area contributed by atoms with Crippen molar-refractivity contribution >= 4 is 23.7 Å². The van der Waals surface area contributed by atoms with E-state index in [1.165, 1.54) is 0 Å². The SMILES string of the molecule is CC(C)CC(=O)C(C(=O)O)C(C[N+](C)(C)C)OC(=O)C=CC(=O)O. The highest BCUT2D eigenvalue weighted by atomic mass is 16.5. The van der Waals surface area contributed by atoms with Crippen LogP contribution in [0.15, 0.2) is 12.2 Å². The van der Waals surface area contributed by atoms with E-state index in [2.05, 4.69) is 0 Å². The molecule has 0 bridgehead atoms. The van der Waals surface area contributed by atoms with E-state index in [0.29, 0.717) is 12.2 Å². The minimum Gasteiger partial charge on any atom is -0.481 e. The molecule has 0 heterocycles. The molecular formula is C16H26NO7+. The summed E-state index contributed by atoms with van der Waals surface area (Å²) in [6, 6.07) is 0. The molecule has 0 radical (unpaired) electrons. The summed E-state index contributed by atoms with van der Waals surface area (Å²) >= 11 is 0. The highest BCUT2D eigenvalue weighted by molar-refractivity contribution is 5.99. The van der Waals surface area contributed by atoms with Crippen molar-refractivity contribution < 1.29 is 38.6 Å². The highest BCUT2D eigenvalue weighted by Gasteiger charge is 2.40. The molecule has 0 aliphatic heterocycles. The lowest BCUT2D eigenvalue weighted by atomic mass is 9.91. The molecule has 0 spiro atoms. The van der Waals surface area contributed by atoms with E-state index in [0.717, 1.165) is 0 Å². The lowest BCUT2D eigenvalue weighted by Gasteiger charge is -2.31. The molecule has 24 heavy (non-hydrogen) atoms. The van der Waals surface area contributed by atoms with Crippen LogP contribution in [0.5, 0.6) is 0 Å². The van der Waals surface area contributed by atoms with E-state index >= 15 is 0 Å². The van der Waals surface area contributed by atoms with E-state index in [-0.39, 0.29) is 23.4 Å². The van der Waals surface area contributed by atoms with Crippen LogP contribution in [-0.2, 0) is 23.9 Å². The summed E-state index contributed by atoms with van der Waals surface area (Å²) in [5, 5.41) is 17.9. The summed E-state index contributed by atoms with van der Waals surface area (Å²) in [6.45, 7) is 3.66. The van der Waals surface area contributed by atoms with Crippen molar-refractivity contribution in [2.75, 3.05) is 27.7 Å². The standard InChI is InChI=1S/C16H25NO7/c1-10(2)8-11(18)15(16(22)23)12(9-17(3,4)5)24-14(21)7-6-13(19)20/h6-7,10,12,15H,8-9H2,1-5H3,(H-,19,20,22,23)/p+1. The number of ketones is 1. The smallest absolute Gasteiger partial charge is 0.331 e. The minimum absolute atomic E-state index is 0.0354. The van der Waals surface area contributed by atoms with Gasteiger partial charge in [0.1, 0.15) is 6.54 Å². The normalized spacial score (nSPS) is 14.4. The van der Waals surface area contributed by atoms with Gasteiger partial charge in [-0.3, -0.25) is 9.59 Å². The van der Waals surface area contributed by atoms with Crippen molar-refractivity contribution in [1.29, 1.82) is 0 Å². The molecule has 0 aromatic rings. The number of likely N-dealkylation sites (N-methyl/N-ethyl adjacent to an activating group) is 1. The Hall–Kier alpha value is -2.22. The predicted octanol–water partition coefficient (Wildman–Crippen LogP) is 0.561. The number of nitrogens with zero attached hydrogens (tertiary/aromatic N) is 1. The molecule has 8 nitrogen and oxygen atoms in total. The molecule has 0 saturated carbocycles. The summed E-state index contributed by atoms with van der Waals surface area (Å²) in [5.41, 5.74) is 0. The van der Waals surface area contributed by atoms with Gasteiger partial charge in [0.2, 0.25) is 0 Å². The summed E-state index contributed by atoms with van der Waals surface area (Å²) in [7, 11) is 5.29. The third kappa shape index (κ3) is 9.04. The Labute approximate surface area is 141 Å². The Bertz CT molecular complexity index is 517. The molecular weight excluding hydrogens is 318 g/mol. The third-order valence-corrected chi connectivity index (χ3v) is 2.95. The number of hydrogen-bond acceptors (Lipinski definition) is 5. The summed E-state index contributed by atoms with van der Waals surface area (Å²) in [5.74, 6) is -5.75. The van der Waals surface area contributed by atoms with Gasteiger partial charge in [0.15, 0.2) is 17.8 Å². The number of esters is 1. The number of aliphatic carboxylic acids is 2. The van der Waals surface area contributed by atoms with Crippen LogP contribution in [0.4, 0.5) is 0 Å². The first-order valence-electron chi connectivity index (χ1n) is 7.51. The van der Waals surface area contributed by atoms with E-state index in [1.54, 1.807) is 35.0 Å². The van der Waals surface area contributed by atoms with Crippen molar-refractivity contribution in [2.45, 2.75) is 26.4 Å². The number of carbonyl (C=O) groups excluding carboxylic acids is 2. The second-order valence-corrected chi connectivity index (χ2v) is 7.00. The lowest BCUT2D eigenvalue weighted by Crippen LogP contribution is -2.49. The van der Waals surface area contributed by atoms with Crippen LogP contribution in [0.2, 0.25) is 0 Å². The summed E-state index contributed by atoms with van der Waals surface area (Å²) in [4.78, 5) is 46.0. The second-order valence-electron chi connectivity index (χ2n) is 7.00. The minimum atomic E-state index is -1.49. The number of ether oxygens (including phenoxy) is 1. The largest absolute Gasteiger partial charge is 0.481 e. The Morgan fingerprint density at radius 2 is 1.58 bits per heavy atom. The first-order chi connectivity index (χ1) is 10.8. The zero-order chi connectivity index (χ0) is 19.1. The number of carboxylic acid groups (broad SMARTS) is 2. The maximum absolute atomic E-state index is 12.3. The fourth-order valence-corrected chi connectivity index (χ4v) is 2.11.